The Bertz CT molecular complexity index is 1250. The molecule has 1 aliphatic rings. The number of hydrogen-bond acceptors (Lipinski definition) is 7. The molecule has 2 heterocycles. The number of imidazole rings is 1. The Morgan fingerprint density at radius 2 is 1.82 bits per heavy atom. The highest BCUT2D eigenvalue weighted by atomic mass is 32.2. The molecular weight excluding hydrogens is 456 g/mol. The second-order valence-corrected chi connectivity index (χ2v) is 10.2. The lowest BCUT2D eigenvalue weighted by atomic mass is 10.2. The van der Waals surface area contributed by atoms with Gasteiger partial charge in [0.05, 0.1) is 49.9 Å². The van der Waals surface area contributed by atoms with Crippen LogP contribution in [0.15, 0.2) is 41.3 Å². The Balaban J connectivity index is 1.58. The molecular formula is C24H32N4O5S. The van der Waals surface area contributed by atoms with Crippen LogP contribution in [0.2, 0.25) is 0 Å². The monoisotopic (exact) mass is 488 g/mol. The Kier molecular flexibility index (Phi) is 7.42. The van der Waals surface area contributed by atoms with Crippen LogP contribution in [0.25, 0.3) is 11.0 Å². The lowest BCUT2D eigenvalue weighted by molar-refractivity contribution is 0.0730. The van der Waals surface area contributed by atoms with Gasteiger partial charge in [-0.15, -0.1) is 0 Å². The van der Waals surface area contributed by atoms with E-state index in [-0.39, 0.29) is 4.90 Å². The van der Waals surface area contributed by atoms with Gasteiger partial charge in [0.2, 0.25) is 10.0 Å². The molecule has 9 nitrogen and oxygen atoms in total. The Morgan fingerprint density at radius 1 is 1.06 bits per heavy atom. The zero-order chi connectivity index (χ0) is 24.3. The van der Waals surface area contributed by atoms with Crippen LogP contribution in [0.1, 0.15) is 18.3 Å². The number of fused-ring (bicyclic) bond motifs is 1. The Morgan fingerprint density at radius 3 is 2.50 bits per heavy atom. The van der Waals surface area contributed by atoms with Crippen LogP contribution < -0.4 is 9.47 Å². The highest BCUT2D eigenvalue weighted by Crippen LogP contribution is 2.27. The van der Waals surface area contributed by atoms with Crippen molar-refractivity contribution >= 4 is 21.1 Å². The van der Waals surface area contributed by atoms with Crippen molar-refractivity contribution in [2.24, 2.45) is 0 Å². The molecule has 0 unspecified atom stereocenters. The van der Waals surface area contributed by atoms with Crippen molar-refractivity contribution in [1.29, 1.82) is 0 Å². The van der Waals surface area contributed by atoms with Crippen molar-refractivity contribution in [2.45, 2.75) is 31.5 Å². The third-order valence-electron chi connectivity index (χ3n) is 6.07. The number of rotatable bonds is 9. The van der Waals surface area contributed by atoms with Crippen LogP contribution in [0, 0.1) is 0 Å². The van der Waals surface area contributed by atoms with Gasteiger partial charge in [0.25, 0.3) is 0 Å². The Labute approximate surface area is 200 Å². The molecule has 0 atom stereocenters. The van der Waals surface area contributed by atoms with Gasteiger partial charge in [-0.1, -0.05) is 6.07 Å². The minimum absolute atomic E-state index is 0.269. The van der Waals surface area contributed by atoms with E-state index in [0.717, 1.165) is 34.9 Å². The van der Waals surface area contributed by atoms with E-state index >= 15 is 0 Å². The summed E-state index contributed by atoms with van der Waals surface area (Å²) in [6.07, 6.45) is 0. The zero-order valence-electron chi connectivity index (χ0n) is 20.2. The highest BCUT2D eigenvalue weighted by Gasteiger charge is 2.27. The van der Waals surface area contributed by atoms with Crippen molar-refractivity contribution in [3.05, 3.63) is 47.8 Å². The average molecular weight is 489 g/mol. The van der Waals surface area contributed by atoms with Crippen LogP contribution in [0.4, 0.5) is 0 Å². The molecule has 1 aliphatic heterocycles. The Hall–Kier alpha value is -2.66. The topological polar surface area (TPSA) is 86.1 Å². The minimum atomic E-state index is -3.57. The van der Waals surface area contributed by atoms with Gasteiger partial charge in [0.15, 0.2) is 0 Å². The van der Waals surface area contributed by atoms with E-state index in [0.29, 0.717) is 44.9 Å². The number of methoxy groups -OCH3 is 2. The zero-order valence-corrected chi connectivity index (χ0v) is 21.0. The molecule has 0 radical (unpaired) electrons. The molecule has 0 spiro atoms. The summed E-state index contributed by atoms with van der Waals surface area (Å²) < 4.78 is 45.9. The normalized spacial score (nSPS) is 15.2. The maximum Gasteiger partial charge on any atom is 0.243 e. The first-order valence-corrected chi connectivity index (χ1v) is 12.8. The molecule has 1 saturated heterocycles. The van der Waals surface area contributed by atoms with Gasteiger partial charge in [-0.05, 0) is 38.2 Å². The molecule has 1 fully saturated rings. The van der Waals surface area contributed by atoms with Gasteiger partial charge in [-0.3, -0.25) is 4.90 Å². The van der Waals surface area contributed by atoms with Crippen molar-refractivity contribution < 1.29 is 22.6 Å². The number of sulfonamides is 1. The van der Waals surface area contributed by atoms with Gasteiger partial charge in [-0.2, -0.15) is 4.31 Å². The molecule has 0 aliphatic carbocycles. The van der Waals surface area contributed by atoms with Crippen LogP contribution in [-0.2, 0) is 34.4 Å². The fourth-order valence-electron chi connectivity index (χ4n) is 4.30. The van der Waals surface area contributed by atoms with Crippen molar-refractivity contribution in [3.8, 4) is 11.5 Å². The number of hydrogen-bond donors (Lipinski definition) is 0. The molecule has 10 heteroatoms. The van der Waals surface area contributed by atoms with Gasteiger partial charge in [0, 0.05) is 37.8 Å². The highest BCUT2D eigenvalue weighted by molar-refractivity contribution is 7.89. The molecule has 2 aromatic carbocycles. The summed E-state index contributed by atoms with van der Waals surface area (Å²) in [6.45, 7) is 5.64. The van der Waals surface area contributed by atoms with Crippen LogP contribution in [0.5, 0.6) is 11.5 Å². The van der Waals surface area contributed by atoms with E-state index in [1.165, 1.54) is 4.31 Å². The first-order valence-electron chi connectivity index (χ1n) is 11.3. The van der Waals surface area contributed by atoms with Crippen LogP contribution >= 0.6 is 0 Å². The molecule has 0 saturated carbocycles. The van der Waals surface area contributed by atoms with Gasteiger partial charge in [0.1, 0.15) is 17.3 Å². The number of morpholine rings is 1. The molecule has 0 N–H and O–H groups in total. The van der Waals surface area contributed by atoms with Crippen LogP contribution in [-0.4, -0.2) is 74.7 Å². The van der Waals surface area contributed by atoms with Crippen molar-refractivity contribution in [1.82, 2.24) is 18.8 Å². The second kappa shape index (κ2) is 10.3. The van der Waals surface area contributed by atoms with E-state index in [1.54, 1.807) is 26.4 Å². The fourth-order valence-corrected chi connectivity index (χ4v) is 5.73. The molecule has 34 heavy (non-hydrogen) atoms. The predicted molar refractivity (Wildman–Crippen MR) is 130 cm³/mol. The van der Waals surface area contributed by atoms with Gasteiger partial charge >= 0.3 is 0 Å². The average Bonchev–Trinajstić information content (AvgIpc) is 3.20. The lowest BCUT2D eigenvalue weighted by Gasteiger charge is -2.26. The largest absolute Gasteiger partial charge is 0.497 e. The summed E-state index contributed by atoms with van der Waals surface area (Å²) in [5, 5.41) is 0. The maximum absolute atomic E-state index is 13.1. The van der Waals surface area contributed by atoms with Gasteiger partial charge < -0.3 is 18.8 Å². The predicted octanol–water partition coefficient (Wildman–Crippen LogP) is 2.73. The standard InChI is InChI=1S/C24H32N4O5S/c1-5-28-22-9-8-20(34(29,30)27-10-12-33-13-11-27)15-21(22)25-24(28)17-26(2)16-18-6-7-19(31-3)14-23(18)32-4/h6-9,14-15H,5,10-13,16-17H2,1-4H3. The van der Waals surface area contributed by atoms with E-state index in [9.17, 15) is 8.42 Å². The SMILES string of the molecule is CCn1c(CN(C)Cc2ccc(OC)cc2OC)nc2cc(S(=O)(=O)N3CCOCC3)ccc21. The summed E-state index contributed by atoms with van der Waals surface area (Å²) in [5.41, 5.74) is 2.65. The molecule has 0 amide bonds. The van der Waals surface area contributed by atoms with Crippen molar-refractivity contribution in [2.75, 3.05) is 47.6 Å². The number of aryl methyl sites for hydroxylation is 1. The summed E-state index contributed by atoms with van der Waals surface area (Å²) in [4.78, 5) is 7.24. The first kappa shape index (κ1) is 24.5. The minimum Gasteiger partial charge on any atom is -0.497 e. The quantitative estimate of drug-likeness (QED) is 0.458. The number of aromatic nitrogens is 2. The summed E-state index contributed by atoms with van der Waals surface area (Å²) in [5.74, 6) is 2.40. The molecule has 3 aromatic rings. The summed E-state index contributed by atoms with van der Waals surface area (Å²) >= 11 is 0. The molecule has 184 valence electrons. The van der Waals surface area contributed by atoms with Crippen LogP contribution in [0.3, 0.4) is 0 Å². The van der Waals surface area contributed by atoms with E-state index in [1.807, 2.05) is 31.3 Å². The third-order valence-corrected chi connectivity index (χ3v) is 7.96. The first-order chi connectivity index (χ1) is 16.4. The van der Waals surface area contributed by atoms with Crippen molar-refractivity contribution in [3.63, 3.8) is 0 Å². The smallest absolute Gasteiger partial charge is 0.243 e. The van der Waals surface area contributed by atoms with E-state index < -0.39 is 10.0 Å². The summed E-state index contributed by atoms with van der Waals surface area (Å²) in [7, 11) is 1.74. The summed E-state index contributed by atoms with van der Waals surface area (Å²) in [6, 6.07) is 11.0. The second-order valence-electron chi connectivity index (χ2n) is 8.29. The maximum atomic E-state index is 13.1. The van der Waals surface area contributed by atoms with Gasteiger partial charge in [-0.25, -0.2) is 13.4 Å². The fraction of sp³-hybridized carbons (Fsp3) is 0.458. The number of nitrogens with zero attached hydrogens (tertiary/aromatic N) is 4. The third kappa shape index (κ3) is 4.90. The lowest BCUT2D eigenvalue weighted by Crippen LogP contribution is -2.40. The molecule has 4 rings (SSSR count). The molecule has 1 aromatic heterocycles. The number of ether oxygens (including phenoxy) is 3. The van der Waals surface area contributed by atoms with E-state index in [4.69, 9.17) is 19.2 Å². The number of benzene rings is 2. The van der Waals surface area contributed by atoms with E-state index in [2.05, 4.69) is 16.4 Å². The molecule has 0 bridgehead atoms.